The molecule has 0 radical (unpaired) electrons. The van der Waals surface area contributed by atoms with Gasteiger partial charge in [0.1, 0.15) is 5.69 Å². The van der Waals surface area contributed by atoms with Gasteiger partial charge in [-0.05, 0) is 18.2 Å². The molecule has 2 aromatic heterocycles. The fourth-order valence-electron chi connectivity index (χ4n) is 1.74. The molecule has 2 aromatic rings. The summed E-state index contributed by atoms with van der Waals surface area (Å²) < 4.78 is 1.37. The molecule has 4 heteroatoms. The average molecular weight is 186 g/mol. The highest BCUT2D eigenvalue weighted by molar-refractivity contribution is 6.19. The van der Waals surface area contributed by atoms with Crippen LogP contribution in [0, 0.1) is 0 Å². The van der Waals surface area contributed by atoms with Crippen LogP contribution in [0.15, 0.2) is 30.6 Å². The molecule has 0 atom stereocenters. The van der Waals surface area contributed by atoms with Crippen LogP contribution in [0.4, 0.5) is 0 Å². The lowest BCUT2D eigenvalue weighted by molar-refractivity contribution is 0.0909. The molecule has 14 heavy (non-hydrogen) atoms. The number of hydrogen-bond donors (Lipinski definition) is 1. The summed E-state index contributed by atoms with van der Waals surface area (Å²) in [5.74, 6) is -0.282. The van der Waals surface area contributed by atoms with E-state index in [1.165, 1.54) is 4.57 Å². The molecule has 1 aliphatic rings. The largest absolute Gasteiger partial charge is 0.358 e. The molecule has 0 unspecified atom stereocenters. The van der Waals surface area contributed by atoms with Gasteiger partial charge in [-0.3, -0.25) is 14.2 Å². The topological polar surface area (TPSA) is 54.9 Å². The third-order valence-electron chi connectivity index (χ3n) is 2.40. The van der Waals surface area contributed by atoms with Crippen LogP contribution in [-0.4, -0.2) is 21.2 Å². The molecule has 3 rings (SSSR count). The minimum absolute atomic E-state index is 0.130. The fourth-order valence-corrected chi connectivity index (χ4v) is 1.74. The molecule has 0 fully saturated rings. The van der Waals surface area contributed by atoms with Crippen molar-refractivity contribution in [3.8, 4) is 0 Å². The van der Waals surface area contributed by atoms with Crippen LogP contribution in [0.1, 0.15) is 26.5 Å². The van der Waals surface area contributed by atoms with Crippen molar-refractivity contribution in [2.45, 2.75) is 0 Å². The van der Waals surface area contributed by atoms with E-state index in [2.05, 4.69) is 4.98 Å². The normalized spacial score (nSPS) is 14.0. The van der Waals surface area contributed by atoms with Gasteiger partial charge in [0.25, 0.3) is 5.91 Å². The molecule has 4 nitrogen and oxygen atoms in total. The van der Waals surface area contributed by atoms with Crippen LogP contribution in [0.3, 0.4) is 0 Å². The standard InChI is InChI=1S/C10H6N2O2/c13-9-7-2-1-5-12(7)10(14)6-3-4-11-8(6)9/h1-5,11H. The smallest absolute Gasteiger partial charge is 0.264 e. The van der Waals surface area contributed by atoms with Gasteiger partial charge < -0.3 is 4.98 Å². The predicted octanol–water partition coefficient (Wildman–Crippen LogP) is 1.05. The Morgan fingerprint density at radius 3 is 2.93 bits per heavy atom. The summed E-state index contributed by atoms with van der Waals surface area (Å²) in [6, 6.07) is 4.96. The lowest BCUT2D eigenvalue weighted by Crippen LogP contribution is -2.25. The Morgan fingerprint density at radius 2 is 2.07 bits per heavy atom. The van der Waals surface area contributed by atoms with Crippen molar-refractivity contribution in [3.63, 3.8) is 0 Å². The van der Waals surface area contributed by atoms with Crippen LogP contribution in [0.25, 0.3) is 0 Å². The number of nitrogens with one attached hydrogen (secondary N) is 1. The van der Waals surface area contributed by atoms with Gasteiger partial charge in [0, 0.05) is 12.4 Å². The van der Waals surface area contributed by atoms with Crippen LogP contribution in [-0.2, 0) is 0 Å². The summed E-state index contributed by atoms with van der Waals surface area (Å²) in [7, 11) is 0. The molecule has 1 N–H and O–H groups in total. The summed E-state index contributed by atoms with van der Waals surface area (Å²) in [4.78, 5) is 26.3. The molecule has 0 bridgehead atoms. The van der Waals surface area contributed by atoms with Gasteiger partial charge in [-0.25, -0.2) is 0 Å². The number of carbonyl (C=O) groups is 2. The van der Waals surface area contributed by atoms with Crippen molar-refractivity contribution in [1.82, 2.24) is 9.55 Å². The second kappa shape index (κ2) is 2.23. The van der Waals surface area contributed by atoms with Crippen LogP contribution in [0.2, 0.25) is 0 Å². The number of fused-ring (bicyclic) bond motifs is 2. The Hall–Kier alpha value is -2.10. The van der Waals surface area contributed by atoms with E-state index in [1.807, 2.05) is 0 Å². The summed E-state index contributed by atoms with van der Waals surface area (Å²) >= 11 is 0. The van der Waals surface area contributed by atoms with Crippen molar-refractivity contribution in [1.29, 1.82) is 0 Å². The molecule has 3 heterocycles. The Balaban J connectivity index is 2.37. The van der Waals surface area contributed by atoms with Gasteiger partial charge in [-0.1, -0.05) is 0 Å². The number of nitrogens with zero attached hydrogens (tertiary/aromatic N) is 1. The zero-order valence-electron chi connectivity index (χ0n) is 7.15. The highest BCUT2D eigenvalue weighted by Gasteiger charge is 2.29. The Kier molecular flexibility index (Phi) is 1.16. The van der Waals surface area contributed by atoms with Crippen molar-refractivity contribution in [2.24, 2.45) is 0 Å². The van der Waals surface area contributed by atoms with Gasteiger partial charge in [0.05, 0.1) is 11.3 Å². The monoisotopic (exact) mass is 186 g/mol. The molecular formula is C10H6N2O2. The summed E-state index contributed by atoms with van der Waals surface area (Å²) in [5.41, 5.74) is 1.25. The number of aromatic nitrogens is 2. The van der Waals surface area contributed by atoms with Crippen molar-refractivity contribution in [3.05, 3.63) is 47.5 Å². The maximum Gasteiger partial charge on any atom is 0.264 e. The molecule has 0 amide bonds. The number of H-pyrrole nitrogens is 1. The lowest BCUT2D eigenvalue weighted by Gasteiger charge is -2.12. The lowest BCUT2D eigenvalue weighted by atomic mass is 10.1. The van der Waals surface area contributed by atoms with E-state index in [1.54, 1.807) is 30.6 Å². The predicted molar refractivity (Wildman–Crippen MR) is 48.4 cm³/mol. The molecule has 68 valence electrons. The first-order chi connectivity index (χ1) is 6.79. The third kappa shape index (κ3) is 0.682. The van der Waals surface area contributed by atoms with E-state index < -0.39 is 0 Å². The van der Waals surface area contributed by atoms with E-state index in [0.29, 0.717) is 17.0 Å². The molecule has 0 aliphatic carbocycles. The molecule has 1 aliphatic heterocycles. The first-order valence-electron chi connectivity index (χ1n) is 4.23. The van der Waals surface area contributed by atoms with Gasteiger partial charge in [0.15, 0.2) is 0 Å². The summed E-state index contributed by atoms with van der Waals surface area (Å²) in [6.07, 6.45) is 3.21. The SMILES string of the molecule is O=C1c2[nH]ccc2C(=O)n2cccc21. The van der Waals surface area contributed by atoms with E-state index in [-0.39, 0.29) is 11.7 Å². The molecular weight excluding hydrogens is 180 g/mol. The number of carbonyl (C=O) groups excluding carboxylic acids is 2. The number of rotatable bonds is 0. The third-order valence-corrected chi connectivity index (χ3v) is 2.40. The van der Waals surface area contributed by atoms with Crippen molar-refractivity contribution < 1.29 is 9.59 Å². The molecule has 0 saturated carbocycles. The minimum atomic E-state index is -0.152. The maximum absolute atomic E-state index is 11.8. The van der Waals surface area contributed by atoms with Gasteiger partial charge in [0.2, 0.25) is 5.78 Å². The van der Waals surface area contributed by atoms with Crippen LogP contribution in [0.5, 0.6) is 0 Å². The minimum Gasteiger partial charge on any atom is -0.358 e. The van der Waals surface area contributed by atoms with Crippen molar-refractivity contribution >= 4 is 11.7 Å². The fraction of sp³-hybridized carbons (Fsp3) is 0. The van der Waals surface area contributed by atoms with E-state index in [4.69, 9.17) is 0 Å². The van der Waals surface area contributed by atoms with E-state index in [0.717, 1.165) is 0 Å². The average Bonchev–Trinajstić information content (AvgIpc) is 2.82. The first kappa shape index (κ1) is 7.32. The van der Waals surface area contributed by atoms with Crippen LogP contribution >= 0.6 is 0 Å². The first-order valence-corrected chi connectivity index (χ1v) is 4.23. The van der Waals surface area contributed by atoms with Gasteiger partial charge >= 0.3 is 0 Å². The van der Waals surface area contributed by atoms with E-state index >= 15 is 0 Å². The zero-order chi connectivity index (χ0) is 9.71. The Bertz CT molecular complexity index is 457. The highest BCUT2D eigenvalue weighted by Crippen LogP contribution is 2.21. The second-order valence-electron chi connectivity index (χ2n) is 3.16. The number of ketones is 1. The van der Waals surface area contributed by atoms with Gasteiger partial charge in [-0.15, -0.1) is 0 Å². The molecule has 0 spiro atoms. The van der Waals surface area contributed by atoms with Gasteiger partial charge in [-0.2, -0.15) is 0 Å². The quantitative estimate of drug-likeness (QED) is 0.570. The summed E-state index contributed by atoms with van der Waals surface area (Å²) in [5, 5.41) is 0. The zero-order valence-corrected chi connectivity index (χ0v) is 7.15. The Labute approximate surface area is 79.2 Å². The van der Waals surface area contributed by atoms with E-state index in [9.17, 15) is 9.59 Å². The van der Waals surface area contributed by atoms with Crippen molar-refractivity contribution in [2.75, 3.05) is 0 Å². The maximum atomic E-state index is 11.8. The summed E-state index contributed by atoms with van der Waals surface area (Å²) in [6.45, 7) is 0. The molecule has 0 saturated heterocycles. The number of hydrogen-bond acceptors (Lipinski definition) is 2. The Morgan fingerprint density at radius 1 is 1.21 bits per heavy atom. The molecule has 0 aromatic carbocycles. The van der Waals surface area contributed by atoms with Crippen LogP contribution < -0.4 is 0 Å². The highest BCUT2D eigenvalue weighted by atomic mass is 16.2. The second-order valence-corrected chi connectivity index (χ2v) is 3.16. The number of aromatic amines is 1.